The zero-order valence-corrected chi connectivity index (χ0v) is 15.0. The first-order valence-corrected chi connectivity index (χ1v) is 8.41. The third kappa shape index (κ3) is 5.37. The molecule has 0 radical (unpaired) electrons. The minimum absolute atomic E-state index is 0.0403. The number of alkyl halides is 3. The molecule has 0 aliphatic carbocycles. The highest BCUT2D eigenvalue weighted by atomic mass is 19.4. The summed E-state index contributed by atoms with van der Waals surface area (Å²) in [6, 6.07) is 4.12. The summed E-state index contributed by atoms with van der Waals surface area (Å²) in [4.78, 5) is 26.0. The lowest BCUT2D eigenvalue weighted by molar-refractivity contribution is -0.137. The van der Waals surface area contributed by atoms with Crippen LogP contribution in [0.4, 0.5) is 18.0 Å². The Bertz CT molecular complexity index is 668. The molecule has 1 aliphatic heterocycles. The molecule has 1 saturated heterocycles. The molecule has 1 atom stereocenters. The molecule has 1 N–H and O–H groups in total. The Balaban J connectivity index is 1.98. The predicted octanol–water partition coefficient (Wildman–Crippen LogP) is 3.72. The van der Waals surface area contributed by atoms with Crippen molar-refractivity contribution in [3.05, 3.63) is 35.4 Å². The van der Waals surface area contributed by atoms with Crippen LogP contribution in [0, 0.1) is 0 Å². The van der Waals surface area contributed by atoms with Crippen LogP contribution in [0.3, 0.4) is 0 Å². The number of amides is 2. The topological polar surface area (TPSA) is 58.6 Å². The fourth-order valence-electron chi connectivity index (χ4n) is 2.74. The summed E-state index contributed by atoms with van der Waals surface area (Å²) < 4.78 is 43.5. The number of carbonyl (C=O) groups is 2. The van der Waals surface area contributed by atoms with E-state index in [1.165, 1.54) is 17.0 Å². The lowest BCUT2D eigenvalue weighted by Gasteiger charge is -2.28. The molecule has 144 valence electrons. The van der Waals surface area contributed by atoms with Crippen LogP contribution in [0.25, 0.3) is 0 Å². The fourth-order valence-corrected chi connectivity index (χ4v) is 2.74. The largest absolute Gasteiger partial charge is 0.444 e. The number of benzene rings is 1. The fraction of sp³-hybridized carbons (Fsp3) is 0.556. The van der Waals surface area contributed by atoms with E-state index >= 15 is 0 Å². The Morgan fingerprint density at radius 1 is 1.27 bits per heavy atom. The van der Waals surface area contributed by atoms with Crippen molar-refractivity contribution in [2.75, 3.05) is 6.54 Å². The zero-order chi connectivity index (χ0) is 19.5. The second kappa shape index (κ2) is 7.55. The van der Waals surface area contributed by atoms with Crippen molar-refractivity contribution in [1.29, 1.82) is 0 Å². The lowest BCUT2D eigenvalue weighted by atomic mass is 10.1. The van der Waals surface area contributed by atoms with Gasteiger partial charge in [0, 0.05) is 13.1 Å². The Kier molecular flexibility index (Phi) is 5.83. The number of hydrogen-bond acceptors (Lipinski definition) is 3. The van der Waals surface area contributed by atoms with Crippen molar-refractivity contribution in [3.8, 4) is 0 Å². The molecule has 1 aromatic carbocycles. The van der Waals surface area contributed by atoms with Gasteiger partial charge in [0.2, 0.25) is 5.91 Å². The molecule has 1 aliphatic rings. The van der Waals surface area contributed by atoms with Gasteiger partial charge in [-0.15, -0.1) is 0 Å². The van der Waals surface area contributed by atoms with Gasteiger partial charge in [-0.05, 0) is 51.3 Å². The van der Waals surface area contributed by atoms with Crippen molar-refractivity contribution >= 4 is 12.0 Å². The summed E-state index contributed by atoms with van der Waals surface area (Å²) in [6.45, 7) is 5.59. The smallest absolute Gasteiger partial charge is 0.416 e. The zero-order valence-electron chi connectivity index (χ0n) is 15.0. The predicted molar refractivity (Wildman–Crippen MR) is 89.3 cm³/mol. The van der Waals surface area contributed by atoms with Crippen LogP contribution in [0.15, 0.2) is 24.3 Å². The summed E-state index contributed by atoms with van der Waals surface area (Å²) in [5.74, 6) is -0.397. The van der Waals surface area contributed by atoms with Gasteiger partial charge < -0.3 is 10.1 Å². The highest BCUT2D eigenvalue weighted by Crippen LogP contribution is 2.29. The normalized spacial score (nSPS) is 17.9. The number of hydrogen-bond donors (Lipinski definition) is 1. The summed E-state index contributed by atoms with van der Waals surface area (Å²) in [5.41, 5.74) is -1.09. The minimum Gasteiger partial charge on any atom is -0.444 e. The SMILES string of the molecule is CC(C)(C)OC(=O)N1CCCC1C(=O)NCc1cccc(C(F)(F)F)c1. The van der Waals surface area contributed by atoms with E-state index in [9.17, 15) is 22.8 Å². The molecule has 5 nitrogen and oxygen atoms in total. The number of nitrogens with one attached hydrogen (secondary N) is 1. The van der Waals surface area contributed by atoms with E-state index in [0.29, 0.717) is 24.9 Å². The number of nitrogens with zero attached hydrogens (tertiary/aromatic N) is 1. The number of ether oxygens (including phenoxy) is 1. The average Bonchev–Trinajstić information content (AvgIpc) is 3.00. The molecule has 1 aromatic rings. The molecule has 0 bridgehead atoms. The van der Waals surface area contributed by atoms with Crippen LogP contribution in [-0.4, -0.2) is 35.1 Å². The van der Waals surface area contributed by atoms with Crippen LogP contribution in [-0.2, 0) is 22.3 Å². The molecule has 0 saturated carbocycles. The first kappa shape index (κ1) is 20.1. The van der Waals surface area contributed by atoms with E-state index in [2.05, 4.69) is 5.32 Å². The monoisotopic (exact) mass is 372 g/mol. The van der Waals surface area contributed by atoms with Gasteiger partial charge in [0.25, 0.3) is 0 Å². The first-order chi connectivity index (χ1) is 12.0. The summed E-state index contributed by atoms with van der Waals surface area (Å²) in [5, 5.41) is 2.61. The van der Waals surface area contributed by atoms with Crippen LogP contribution in [0.2, 0.25) is 0 Å². The second-order valence-electron chi connectivity index (χ2n) is 7.25. The van der Waals surface area contributed by atoms with Crippen LogP contribution >= 0.6 is 0 Å². The summed E-state index contributed by atoms with van der Waals surface area (Å²) in [6.07, 6.45) is -3.83. The van der Waals surface area contributed by atoms with Crippen molar-refractivity contribution in [1.82, 2.24) is 10.2 Å². The highest BCUT2D eigenvalue weighted by molar-refractivity contribution is 5.86. The number of halogens is 3. The standard InChI is InChI=1S/C18H23F3N2O3/c1-17(2,3)26-16(25)23-9-5-8-14(23)15(24)22-11-12-6-4-7-13(10-12)18(19,20)21/h4,6-7,10,14H,5,8-9,11H2,1-3H3,(H,22,24). The van der Waals surface area contributed by atoms with E-state index < -0.39 is 35.4 Å². The maximum atomic E-state index is 12.7. The van der Waals surface area contributed by atoms with E-state index in [0.717, 1.165) is 12.1 Å². The molecule has 2 amide bonds. The maximum Gasteiger partial charge on any atom is 0.416 e. The average molecular weight is 372 g/mol. The third-order valence-corrected chi connectivity index (χ3v) is 3.90. The number of carbonyl (C=O) groups excluding carboxylic acids is 2. The van der Waals surface area contributed by atoms with Gasteiger partial charge in [-0.3, -0.25) is 9.69 Å². The lowest BCUT2D eigenvalue weighted by Crippen LogP contribution is -2.47. The Hall–Kier alpha value is -2.25. The quantitative estimate of drug-likeness (QED) is 0.880. The van der Waals surface area contributed by atoms with Crippen molar-refractivity contribution in [2.24, 2.45) is 0 Å². The van der Waals surface area contributed by atoms with Gasteiger partial charge in [-0.25, -0.2) is 4.79 Å². The van der Waals surface area contributed by atoms with Gasteiger partial charge in [-0.2, -0.15) is 13.2 Å². The van der Waals surface area contributed by atoms with Crippen LogP contribution in [0.1, 0.15) is 44.7 Å². The number of rotatable bonds is 3. The van der Waals surface area contributed by atoms with Gasteiger partial charge in [0.15, 0.2) is 0 Å². The van der Waals surface area contributed by atoms with E-state index in [1.54, 1.807) is 20.8 Å². The Morgan fingerprint density at radius 3 is 2.58 bits per heavy atom. The molecular weight excluding hydrogens is 349 g/mol. The summed E-state index contributed by atoms with van der Waals surface area (Å²) >= 11 is 0. The minimum atomic E-state index is -4.43. The second-order valence-corrected chi connectivity index (χ2v) is 7.25. The van der Waals surface area contributed by atoms with Crippen LogP contribution < -0.4 is 5.32 Å². The first-order valence-electron chi connectivity index (χ1n) is 8.41. The van der Waals surface area contributed by atoms with Gasteiger partial charge in [0.05, 0.1) is 5.56 Å². The van der Waals surface area contributed by atoms with E-state index in [4.69, 9.17) is 4.74 Å². The van der Waals surface area contributed by atoms with E-state index in [-0.39, 0.29) is 6.54 Å². The number of likely N-dealkylation sites (tertiary alicyclic amines) is 1. The maximum absolute atomic E-state index is 12.7. The van der Waals surface area contributed by atoms with Crippen LogP contribution in [0.5, 0.6) is 0 Å². The van der Waals surface area contributed by atoms with Crippen molar-refractivity contribution in [2.45, 2.75) is 58.0 Å². The Labute approximate surface area is 150 Å². The molecule has 26 heavy (non-hydrogen) atoms. The molecule has 8 heteroatoms. The molecule has 1 unspecified atom stereocenters. The van der Waals surface area contributed by atoms with Gasteiger partial charge in [0.1, 0.15) is 11.6 Å². The van der Waals surface area contributed by atoms with Gasteiger partial charge in [-0.1, -0.05) is 12.1 Å². The molecule has 0 spiro atoms. The molecule has 2 rings (SSSR count). The molecule has 1 fully saturated rings. The van der Waals surface area contributed by atoms with Crippen molar-refractivity contribution in [3.63, 3.8) is 0 Å². The van der Waals surface area contributed by atoms with E-state index in [1.807, 2.05) is 0 Å². The molecule has 1 heterocycles. The molecule has 0 aromatic heterocycles. The molecular formula is C18H23F3N2O3. The van der Waals surface area contributed by atoms with Crippen molar-refractivity contribution < 1.29 is 27.5 Å². The summed E-state index contributed by atoms with van der Waals surface area (Å²) in [7, 11) is 0. The highest BCUT2D eigenvalue weighted by Gasteiger charge is 2.36. The Morgan fingerprint density at radius 2 is 1.96 bits per heavy atom. The van der Waals surface area contributed by atoms with Gasteiger partial charge >= 0.3 is 12.3 Å². The third-order valence-electron chi connectivity index (χ3n) is 3.90.